The molecule has 6 nitrogen and oxygen atoms in total. The fourth-order valence-electron chi connectivity index (χ4n) is 2.34. The molecule has 0 atom stereocenters. The van der Waals surface area contributed by atoms with Crippen molar-refractivity contribution in [2.45, 2.75) is 0 Å². The summed E-state index contributed by atoms with van der Waals surface area (Å²) in [7, 11) is 0. The Kier molecular flexibility index (Phi) is 2.25. The van der Waals surface area contributed by atoms with Crippen molar-refractivity contribution in [2.75, 3.05) is 0 Å². The first-order valence-electron chi connectivity index (χ1n) is 5.67. The van der Waals surface area contributed by atoms with Gasteiger partial charge >= 0.3 is 0 Å². The Morgan fingerprint density at radius 3 is 1.50 bits per heavy atom. The first-order chi connectivity index (χ1) is 9.45. The van der Waals surface area contributed by atoms with Crippen LogP contribution in [0.4, 0.5) is 0 Å². The van der Waals surface area contributed by atoms with E-state index in [0.717, 1.165) is 0 Å². The van der Waals surface area contributed by atoms with E-state index < -0.39 is 34.5 Å². The third kappa shape index (κ3) is 1.27. The lowest BCUT2D eigenvalue weighted by Gasteiger charge is -2.14. The molecule has 0 bridgehead atoms. The van der Waals surface area contributed by atoms with Crippen molar-refractivity contribution >= 4 is 21.5 Å². The third-order valence-corrected chi connectivity index (χ3v) is 3.31. The van der Waals surface area contributed by atoms with E-state index in [4.69, 9.17) is 0 Å². The smallest absolute Gasteiger partial charge is 0.205 e. The van der Waals surface area contributed by atoms with Crippen LogP contribution in [0.5, 0.6) is 34.5 Å². The fourth-order valence-corrected chi connectivity index (χ4v) is 2.34. The van der Waals surface area contributed by atoms with E-state index in [-0.39, 0.29) is 16.2 Å². The van der Waals surface area contributed by atoms with Crippen molar-refractivity contribution in [1.82, 2.24) is 0 Å². The van der Waals surface area contributed by atoms with Crippen LogP contribution in [0.1, 0.15) is 0 Å². The number of hydrogen-bond acceptors (Lipinski definition) is 6. The summed E-state index contributed by atoms with van der Waals surface area (Å²) < 4.78 is 0. The molecule has 0 spiro atoms. The number of aromatic hydroxyl groups is 6. The summed E-state index contributed by atoms with van der Waals surface area (Å²) in [6.07, 6.45) is 0. The van der Waals surface area contributed by atoms with Gasteiger partial charge in [0.1, 0.15) is 0 Å². The Balaban J connectivity index is 2.77. The zero-order valence-corrected chi connectivity index (χ0v) is 9.99. The minimum atomic E-state index is -0.972. The van der Waals surface area contributed by atoms with Crippen LogP contribution in [0.2, 0.25) is 0 Å². The van der Waals surface area contributed by atoms with Crippen molar-refractivity contribution in [2.24, 2.45) is 0 Å². The lowest BCUT2D eigenvalue weighted by molar-refractivity contribution is 0.349. The average Bonchev–Trinajstić information content (AvgIpc) is 2.46. The van der Waals surface area contributed by atoms with Crippen LogP contribution < -0.4 is 0 Å². The van der Waals surface area contributed by atoms with Gasteiger partial charge in [-0.3, -0.25) is 0 Å². The highest BCUT2D eigenvalue weighted by atomic mass is 16.3. The number of rotatable bonds is 0. The van der Waals surface area contributed by atoms with E-state index in [9.17, 15) is 30.6 Å². The lowest BCUT2D eigenvalue weighted by Crippen LogP contribution is -1.85. The predicted molar refractivity (Wildman–Crippen MR) is 71.4 cm³/mol. The Hall–Kier alpha value is -3.02. The Morgan fingerprint density at radius 1 is 0.450 bits per heavy atom. The number of phenolic OH excluding ortho intramolecular Hbond substituents is 6. The average molecular weight is 274 g/mol. The van der Waals surface area contributed by atoms with Crippen LogP contribution in [0.15, 0.2) is 24.3 Å². The van der Waals surface area contributed by atoms with E-state index in [1.54, 1.807) is 12.1 Å². The first-order valence-corrected chi connectivity index (χ1v) is 5.67. The second-order valence-corrected chi connectivity index (χ2v) is 4.39. The number of fused-ring (bicyclic) bond motifs is 3. The molecule has 20 heavy (non-hydrogen) atoms. The SMILES string of the molecule is Oc1c(O)c(O)c2c(c1O)c(O)c(O)c1ccccc12. The molecule has 6 heteroatoms. The second-order valence-electron chi connectivity index (χ2n) is 4.39. The zero-order valence-electron chi connectivity index (χ0n) is 9.99. The molecule has 0 unspecified atom stereocenters. The third-order valence-electron chi connectivity index (χ3n) is 3.31. The van der Waals surface area contributed by atoms with Crippen LogP contribution in [0.3, 0.4) is 0 Å². The molecule has 0 radical (unpaired) electrons. The Morgan fingerprint density at radius 2 is 0.900 bits per heavy atom. The second kappa shape index (κ2) is 3.74. The van der Waals surface area contributed by atoms with Gasteiger partial charge in [-0.2, -0.15) is 0 Å². The molecule has 0 saturated carbocycles. The number of phenols is 6. The Labute approximate surface area is 112 Å². The summed E-state index contributed by atoms with van der Waals surface area (Å²) in [5, 5.41) is 59.0. The molecule has 102 valence electrons. The van der Waals surface area contributed by atoms with Gasteiger partial charge in [-0.1, -0.05) is 24.3 Å². The maximum Gasteiger partial charge on any atom is 0.205 e. The Bertz CT molecular complexity index is 869. The van der Waals surface area contributed by atoms with Gasteiger partial charge in [-0.25, -0.2) is 0 Å². The first kappa shape index (κ1) is 12.0. The monoisotopic (exact) mass is 274 g/mol. The minimum absolute atomic E-state index is 0.0660. The summed E-state index contributed by atoms with van der Waals surface area (Å²) in [5.41, 5.74) is 0. The highest BCUT2D eigenvalue weighted by molar-refractivity contribution is 6.19. The van der Waals surface area contributed by atoms with Gasteiger partial charge in [-0.15, -0.1) is 0 Å². The molecule has 0 aliphatic carbocycles. The lowest BCUT2D eigenvalue weighted by atomic mass is 9.97. The molecular weight excluding hydrogens is 264 g/mol. The molecule has 0 aromatic heterocycles. The fraction of sp³-hybridized carbons (Fsp3) is 0. The predicted octanol–water partition coefficient (Wildman–Crippen LogP) is 2.23. The van der Waals surface area contributed by atoms with Gasteiger partial charge < -0.3 is 30.6 Å². The molecule has 6 N–H and O–H groups in total. The van der Waals surface area contributed by atoms with Crippen LogP contribution in [-0.2, 0) is 0 Å². The molecule has 0 aliphatic rings. The van der Waals surface area contributed by atoms with Gasteiger partial charge in [0.15, 0.2) is 23.0 Å². The molecule has 0 fully saturated rings. The summed E-state index contributed by atoms with van der Waals surface area (Å²) in [5.74, 6) is -4.57. The number of benzene rings is 3. The highest BCUT2D eigenvalue weighted by Gasteiger charge is 2.24. The van der Waals surface area contributed by atoms with Gasteiger partial charge in [0.05, 0.1) is 5.39 Å². The summed E-state index contributed by atoms with van der Waals surface area (Å²) in [4.78, 5) is 0. The summed E-state index contributed by atoms with van der Waals surface area (Å²) >= 11 is 0. The van der Waals surface area contributed by atoms with E-state index in [0.29, 0.717) is 5.39 Å². The quantitative estimate of drug-likeness (QED) is 0.212. The van der Waals surface area contributed by atoms with Gasteiger partial charge in [-0.05, 0) is 5.39 Å². The molecule has 0 aliphatic heterocycles. The molecule has 3 aromatic rings. The van der Waals surface area contributed by atoms with Gasteiger partial charge in [0, 0.05) is 10.8 Å². The topological polar surface area (TPSA) is 121 Å². The van der Waals surface area contributed by atoms with Crippen molar-refractivity contribution in [3.8, 4) is 34.5 Å². The maximum absolute atomic E-state index is 9.96. The van der Waals surface area contributed by atoms with Crippen LogP contribution >= 0.6 is 0 Å². The molecule has 0 heterocycles. The van der Waals surface area contributed by atoms with Crippen molar-refractivity contribution < 1.29 is 30.6 Å². The molecule has 0 saturated heterocycles. The van der Waals surface area contributed by atoms with E-state index >= 15 is 0 Å². The minimum Gasteiger partial charge on any atom is -0.504 e. The van der Waals surface area contributed by atoms with E-state index in [1.807, 2.05) is 0 Å². The van der Waals surface area contributed by atoms with Crippen LogP contribution in [0.25, 0.3) is 21.5 Å². The van der Waals surface area contributed by atoms with Crippen molar-refractivity contribution in [3.63, 3.8) is 0 Å². The van der Waals surface area contributed by atoms with Gasteiger partial charge in [0.2, 0.25) is 11.5 Å². The normalized spacial score (nSPS) is 11.2. The van der Waals surface area contributed by atoms with Gasteiger partial charge in [0.25, 0.3) is 0 Å². The molecule has 3 aromatic carbocycles. The molecular formula is C14H10O6. The van der Waals surface area contributed by atoms with Crippen LogP contribution in [0, 0.1) is 0 Å². The van der Waals surface area contributed by atoms with E-state index in [1.165, 1.54) is 12.1 Å². The van der Waals surface area contributed by atoms with Crippen molar-refractivity contribution in [3.05, 3.63) is 24.3 Å². The standard InChI is InChI=1S/C14H10O6/c15-9-6-4-2-1-3-5(6)7-8(11(9)17)12(18)14(20)13(19)10(7)16/h1-4,15-20H. The number of hydrogen-bond donors (Lipinski definition) is 6. The molecule has 3 rings (SSSR count). The molecule has 0 amide bonds. The summed E-state index contributed by atoms with van der Waals surface area (Å²) in [6.45, 7) is 0. The largest absolute Gasteiger partial charge is 0.504 e. The maximum atomic E-state index is 9.96. The highest BCUT2D eigenvalue weighted by Crippen LogP contribution is 2.55. The van der Waals surface area contributed by atoms with E-state index in [2.05, 4.69) is 0 Å². The zero-order chi connectivity index (χ0) is 14.6. The van der Waals surface area contributed by atoms with Crippen molar-refractivity contribution in [1.29, 1.82) is 0 Å². The van der Waals surface area contributed by atoms with Crippen LogP contribution in [-0.4, -0.2) is 30.6 Å². The summed E-state index contributed by atoms with van der Waals surface area (Å²) in [6, 6.07) is 6.28.